The minimum absolute atomic E-state index is 0.201. The molecule has 1 aliphatic carbocycles. The highest BCUT2D eigenvalue weighted by molar-refractivity contribution is 7.99. The molecule has 2 aromatic rings. The van der Waals surface area contributed by atoms with Crippen molar-refractivity contribution in [2.45, 2.75) is 50.7 Å². The van der Waals surface area contributed by atoms with Crippen LogP contribution in [0.4, 0.5) is 5.95 Å². The highest BCUT2D eigenvalue weighted by atomic mass is 32.2. The van der Waals surface area contributed by atoms with Gasteiger partial charge in [-0.25, -0.2) is 4.68 Å². The third kappa shape index (κ3) is 3.48. The van der Waals surface area contributed by atoms with Gasteiger partial charge in [0, 0.05) is 23.4 Å². The molecule has 0 amide bonds. The van der Waals surface area contributed by atoms with Crippen molar-refractivity contribution in [3.8, 4) is 5.75 Å². The first-order valence-electron chi connectivity index (χ1n) is 9.56. The normalized spacial score (nSPS) is 18.7. The molecule has 27 heavy (non-hydrogen) atoms. The van der Waals surface area contributed by atoms with Gasteiger partial charge in [0.05, 0.1) is 6.61 Å². The lowest BCUT2D eigenvalue weighted by molar-refractivity contribution is -0.116. The predicted molar refractivity (Wildman–Crippen MR) is 106 cm³/mol. The fraction of sp³-hybridized carbons (Fsp3) is 0.450. The Morgan fingerprint density at radius 1 is 1.26 bits per heavy atom. The minimum Gasteiger partial charge on any atom is -0.494 e. The lowest BCUT2D eigenvalue weighted by Gasteiger charge is -2.32. The highest BCUT2D eigenvalue weighted by Crippen LogP contribution is 2.40. The molecular formula is C20H24N4O2S. The number of ketones is 1. The van der Waals surface area contributed by atoms with Gasteiger partial charge in [0.25, 0.3) is 0 Å². The average molecular weight is 385 g/mol. The second kappa shape index (κ2) is 7.76. The zero-order chi connectivity index (χ0) is 18.8. The molecule has 1 N–H and O–H groups in total. The molecule has 4 rings (SSSR count). The molecule has 1 atom stereocenters. The van der Waals surface area contributed by atoms with Crippen LogP contribution in [0.5, 0.6) is 5.75 Å². The first-order valence-corrected chi connectivity index (χ1v) is 10.5. The molecule has 1 unspecified atom stereocenters. The molecule has 7 heteroatoms. The topological polar surface area (TPSA) is 69.0 Å². The third-order valence-corrected chi connectivity index (χ3v) is 5.83. The van der Waals surface area contributed by atoms with Crippen molar-refractivity contribution < 1.29 is 9.53 Å². The van der Waals surface area contributed by atoms with Gasteiger partial charge in [0.1, 0.15) is 11.8 Å². The van der Waals surface area contributed by atoms with E-state index < -0.39 is 0 Å². The van der Waals surface area contributed by atoms with Gasteiger partial charge in [-0.15, -0.1) is 5.10 Å². The van der Waals surface area contributed by atoms with E-state index in [4.69, 9.17) is 9.84 Å². The number of nitrogens with zero attached hydrogens (tertiary/aromatic N) is 3. The summed E-state index contributed by atoms with van der Waals surface area (Å²) in [4.78, 5) is 17.4. The zero-order valence-corrected chi connectivity index (χ0v) is 16.5. The van der Waals surface area contributed by atoms with Crippen LogP contribution in [-0.4, -0.2) is 32.9 Å². The van der Waals surface area contributed by atoms with Gasteiger partial charge in [0.15, 0.2) is 5.78 Å². The van der Waals surface area contributed by atoms with Crippen LogP contribution in [0.3, 0.4) is 0 Å². The van der Waals surface area contributed by atoms with Gasteiger partial charge in [-0.05, 0) is 43.9 Å². The fourth-order valence-electron chi connectivity index (χ4n) is 3.61. The number of Topliss-reactive ketones (excluding diaryl/α,β-unsaturated/α-hetero) is 1. The summed E-state index contributed by atoms with van der Waals surface area (Å²) in [6.45, 7) is 4.74. The number of thioether (sulfide) groups is 1. The summed E-state index contributed by atoms with van der Waals surface area (Å²) in [6.07, 6.45) is 3.41. The number of fused-ring (bicyclic) bond motifs is 1. The van der Waals surface area contributed by atoms with E-state index in [0.717, 1.165) is 58.7 Å². The van der Waals surface area contributed by atoms with Crippen molar-refractivity contribution in [2.24, 2.45) is 0 Å². The quantitative estimate of drug-likeness (QED) is 0.753. The molecule has 0 saturated heterocycles. The van der Waals surface area contributed by atoms with E-state index >= 15 is 0 Å². The molecule has 1 aromatic carbocycles. The van der Waals surface area contributed by atoms with Gasteiger partial charge < -0.3 is 10.1 Å². The molecule has 0 radical (unpaired) electrons. The minimum atomic E-state index is -0.233. The van der Waals surface area contributed by atoms with E-state index in [9.17, 15) is 4.79 Å². The van der Waals surface area contributed by atoms with E-state index in [1.807, 2.05) is 35.9 Å². The SMILES string of the molecule is CCCSc1nc2n(n1)C(c1ccc(OCC)cc1)C1=C(CCCC1=O)N2. The molecule has 2 aliphatic rings. The van der Waals surface area contributed by atoms with E-state index in [1.165, 1.54) is 0 Å². The van der Waals surface area contributed by atoms with Crippen LogP contribution in [0.2, 0.25) is 0 Å². The maximum Gasteiger partial charge on any atom is 0.227 e. The number of anilines is 1. The van der Waals surface area contributed by atoms with Gasteiger partial charge >= 0.3 is 0 Å². The van der Waals surface area contributed by atoms with Crippen LogP contribution >= 0.6 is 11.8 Å². The average Bonchev–Trinajstić information content (AvgIpc) is 3.08. The molecule has 2 heterocycles. The number of aromatic nitrogens is 3. The number of nitrogens with one attached hydrogen (secondary N) is 1. The van der Waals surface area contributed by atoms with E-state index in [1.54, 1.807) is 11.8 Å². The van der Waals surface area contributed by atoms with E-state index in [-0.39, 0.29) is 11.8 Å². The first-order chi connectivity index (χ1) is 13.2. The Hall–Kier alpha value is -2.28. The Balaban J connectivity index is 1.76. The Bertz CT molecular complexity index is 873. The summed E-state index contributed by atoms with van der Waals surface area (Å²) < 4.78 is 7.44. The molecule has 0 fully saturated rings. The third-order valence-electron chi connectivity index (χ3n) is 4.79. The molecule has 0 bridgehead atoms. The van der Waals surface area contributed by atoms with Gasteiger partial charge in [-0.3, -0.25) is 4.79 Å². The molecule has 1 aliphatic heterocycles. The van der Waals surface area contributed by atoms with Crippen molar-refractivity contribution >= 4 is 23.5 Å². The Labute approximate surface area is 163 Å². The fourth-order valence-corrected chi connectivity index (χ4v) is 4.30. The van der Waals surface area contributed by atoms with Gasteiger partial charge in [-0.2, -0.15) is 4.98 Å². The molecule has 1 aromatic heterocycles. The summed E-state index contributed by atoms with van der Waals surface area (Å²) in [5.41, 5.74) is 2.85. The number of carbonyl (C=O) groups excluding carboxylic acids is 1. The Morgan fingerprint density at radius 2 is 2.07 bits per heavy atom. The summed E-state index contributed by atoms with van der Waals surface area (Å²) in [5.74, 6) is 2.73. The number of hydrogen-bond acceptors (Lipinski definition) is 6. The van der Waals surface area contributed by atoms with Gasteiger partial charge in [0.2, 0.25) is 11.1 Å². The van der Waals surface area contributed by atoms with Gasteiger partial charge in [-0.1, -0.05) is 30.8 Å². The van der Waals surface area contributed by atoms with Crippen LogP contribution in [-0.2, 0) is 4.79 Å². The number of carbonyl (C=O) groups is 1. The number of benzene rings is 1. The number of rotatable bonds is 6. The number of hydrogen-bond donors (Lipinski definition) is 1. The Kier molecular flexibility index (Phi) is 5.20. The zero-order valence-electron chi connectivity index (χ0n) is 15.7. The van der Waals surface area contributed by atoms with E-state index in [0.29, 0.717) is 13.0 Å². The summed E-state index contributed by atoms with van der Waals surface area (Å²) in [7, 11) is 0. The smallest absolute Gasteiger partial charge is 0.227 e. The molecular weight excluding hydrogens is 360 g/mol. The Morgan fingerprint density at radius 3 is 2.81 bits per heavy atom. The monoisotopic (exact) mass is 384 g/mol. The largest absolute Gasteiger partial charge is 0.494 e. The summed E-state index contributed by atoms with van der Waals surface area (Å²) in [6, 6.07) is 7.73. The second-order valence-corrected chi connectivity index (χ2v) is 7.77. The highest BCUT2D eigenvalue weighted by Gasteiger charge is 2.36. The maximum atomic E-state index is 12.8. The maximum absolute atomic E-state index is 12.8. The lowest BCUT2D eigenvalue weighted by Crippen LogP contribution is -2.31. The molecule has 0 saturated carbocycles. The van der Waals surface area contributed by atoms with Crippen molar-refractivity contribution in [3.63, 3.8) is 0 Å². The van der Waals surface area contributed by atoms with Crippen molar-refractivity contribution in [1.29, 1.82) is 0 Å². The molecule has 6 nitrogen and oxygen atoms in total. The summed E-state index contributed by atoms with van der Waals surface area (Å²) in [5, 5.41) is 8.84. The number of ether oxygens (including phenoxy) is 1. The van der Waals surface area contributed by atoms with Crippen LogP contribution in [0.25, 0.3) is 0 Å². The first kappa shape index (κ1) is 18.1. The standard InChI is InChI=1S/C20H24N4O2S/c1-3-12-27-20-22-19-21-15-6-5-7-16(25)17(15)18(24(19)23-20)13-8-10-14(11-9-13)26-4-2/h8-11,18H,3-7,12H2,1-2H3,(H,21,22,23). The second-order valence-electron chi connectivity index (χ2n) is 6.71. The predicted octanol–water partition coefficient (Wildman–Crippen LogP) is 4.20. The lowest BCUT2D eigenvalue weighted by atomic mass is 9.85. The van der Waals surface area contributed by atoms with Crippen LogP contribution in [0.15, 0.2) is 40.7 Å². The van der Waals surface area contributed by atoms with Crippen molar-refractivity contribution in [3.05, 3.63) is 41.1 Å². The number of allylic oxidation sites excluding steroid dienone is 2. The van der Waals surface area contributed by atoms with Crippen molar-refractivity contribution in [2.75, 3.05) is 17.7 Å². The van der Waals surface area contributed by atoms with Crippen LogP contribution in [0.1, 0.15) is 51.1 Å². The van der Waals surface area contributed by atoms with Crippen LogP contribution < -0.4 is 10.1 Å². The van der Waals surface area contributed by atoms with Crippen molar-refractivity contribution in [1.82, 2.24) is 14.8 Å². The molecule has 142 valence electrons. The summed E-state index contributed by atoms with van der Waals surface area (Å²) >= 11 is 1.65. The molecule has 0 spiro atoms. The van der Waals surface area contributed by atoms with Crippen LogP contribution in [0, 0.1) is 0 Å². The van der Waals surface area contributed by atoms with E-state index in [2.05, 4.69) is 17.2 Å².